The van der Waals surface area contributed by atoms with Crippen molar-refractivity contribution in [1.82, 2.24) is 14.7 Å². The Labute approximate surface area is 117 Å². The van der Waals surface area contributed by atoms with E-state index in [4.69, 9.17) is 5.73 Å². The number of rotatable bonds is 2. The molecule has 19 heavy (non-hydrogen) atoms. The van der Waals surface area contributed by atoms with E-state index in [9.17, 15) is 0 Å². The summed E-state index contributed by atoms with van der Waals surface area (Å²) in [5, 5.41) is 0. The molecule has 110 valence electrons. The average Bonchev–Trinajstić information content (AvgIpc) is 2.88. The van der Waals surface area contributed by atoms with Crippen molar-refractivity contribution in [3.63, 3.8) is 0 Å². The highest BCUT2D eigenvalue weighted by atomic mass is 15.3. The lowest BCUT2D eigenvalue weighted by molar-refractivity contribution is -0.0285. The maximum atomic E-state index is 6.26. The molecule has 3 aliphatic rings. The third kappa shape index (κ3) is 2.44. The molecule has 2 N–H and O–H groups in total. The topological polar surface area (TPSA) is 35.7 Å². The summed E-state index contributed by atoms with van der Waals surface area (Å²) in [4.78, 5) is 7.91. The van der Waals surface area contributed by atoms with Crippen LogP contribution in [0.1, 0.15) is 32.6 Å². The third-order valence-electron chi connectivity index (χ3n) is 5.99. The Hall–Kier alpha value is -0.160. The number of piperazine rings is 1. The van der Waals surface area contributed by atoms with Crippen LogP contribution in [0.5, 0.6) is 0 Å². The van der Waals surface area contributed by atoms with Crippen LogP contribution in [0.2, 0.25) is 0 Å². The number of fused-ring (bicyclic) bond motifs is 1. The van der Waals surface area contributed by atoms with Gasteiger partial charge < -0.3 is 15.5 Å². The monoisotopic (exact) mass is 266 g/mol. The minimum absolute atomic E-state index is 0.293. The fourth-order valence-corrected chi connectivity index (χ4v) is 4.39. The smallest absolute Gasteiger partial charge is 0.0359 e. The lowest BCUT2D eigenvalue weighted by Crippen LogP contribution is -2.65. The first-order valence-electron chi connectivity index (χ1n) is 8.04. The van der Waals surface area contributed by atoms with Crippen LogP contribution in [-0.2, 0) is 0 Å². The molecule has 4 heteroatoms. The van der Waals surface area contributed by atoms with Gasteiger partial charge in [0.15, 0.2) is 0 Å². The van der Waals surface area contributed by atoms with Crippen LogP contribution >= 0.6 is 0 Å². The Morgan fingerprint density at radius 3 is 2.79 bits per heavy atom. The molecule has 4 nitrogen and oxygen atoms in total. The third-order valence-corrected chi connectivity index (χ3v) is 5.99. The summed E-state index contributed by atoms with van der Waals surface area (Å²) in [7, 11) is 2.25. The molecular weight excluding hydrogens is 236 g/mol. The summed E-state index contributed by atoms with van der Waals surface area (Å²) in [6.45, 7) is 9.37. The van der Waals surface area contributed by atoms with E-state index in [1.807, 2.05) is 0 Å². The van der Waals surface area contributed by atoms with E-state index in [2.05, 4.69) is 28.7 Å². The van der Waals surface area contributed by atoms with Gasteiger partial charge in [0, 0.05) is 50.3 Å². The van der Waals surface area contributed by atoms with Gasteiger partial charge in [-0.3, -0.25) is 4.90 Å². The van der Waals surface area contributed by atoms with E-state index in [0.29, 0.717) is 11.6 Å². The van der Waals surface area contributed by atoms with Crippen LogP contribution in [0.25, 0.3) is 0 Å². The highest BCUT2D eigenvalue weighted by Crippen LogP contribution is 2.37. The van der Waals surface area contributed by atoms with Gasteiger partial charge in [-0.25, -0.2) is 0 Å². The van der Waals surface area contributed by atoms with Crippen molar-refractivity contribution in [2.45, 2.75) is 50.2 Å². The number of nitrogens with zero attached hydrogens (tertiary/aromatic N) is 3. The molecule has 3 heterocycles. The van der Waals surface area contributed by atoms with Crippen LogP contribution in [0.15, 0.2) is 0 Å². The molecule has 3 atom stereocenters. The first-order valence-corrected chi connectivity index (χ1v) is 8.04. The molecular formula is C15H30N4. The van der Waals surface area contributed by atoms with E-state index >= 15 is 0 Å². The minimum atomic E-state index is 0.293. The molecule has 0 aliphatic carbocycles. The molecule has 3 aliphatic heterocycles. The summed E-state index contributed by atoms with van der Waals surface area (Å²) in [6, 6.07) is 1.48. The van der Waals surface area contributed by atoms with Gasteiger partial charge in [-0.05, 0) is 46.2 Å². The van der Waals surface area contributed by atoms with Gasteiger partial charge in [0.2, 0.25) is 0 Å². The van der Waals surface area contributed by atoms with Crippen LogP contribution in [0, 0.1) is 0 Å². The minimum Gasteiger partial charge on any atom is -0.329 e. The lowest BCUT2D eigenvalue weighted by atomic mass is 9.81. The Bertz CT molecular complexity index is 321. The second-order valence-electron chi connectivity index (χ2n) is 6.99. The van der Waals surface area contributed by atoms with Gasteiger partial charge in [-0.1, -0.05) is 0 Å². The molecule has 0 spiro atoms. The summed E-state index contributed by atoms with van der Waals surface area (Å²) >= 11 is 0. The first-order chi connectivity index (χ1) is 9.14. The normalized spacial score (nSPS) is 42.5. The lowest BCUT2D eigenvalue weighted by Gasteiger charge is -2.53. The summed E-state index contributed by atoms with van der Waals surface area (Å²) < 4.78 is 0. The molecule has 0 saturated carbocycles. The Morgan fingerprint density at radius 2 is 2.05 bits per heavy atom. The molecule has 0 radical (unpaired) electrons. The van der Waals surface area contributed by atoms with E-state index in [1.165, 1.54) is 58.4 Å². The predicted octanol–water partition coefficient (Wildman–Crippen LogP) is 0.578. The zero-order valence-corrected chi connectivity index (χ0v) is 12.6. The van der Waals surface area contributed by atoms with E-state index in [0.717, 1.165) is 12.6 Å². The zero-order chi connectivity index (χ0) is 13.5. The Morgan fingerprint density at radius 1 is 1.21 bits per heavy atom. The second kappa shape index (κ2) is 5.32. The Balaban J connectivity index is 1.72. The van der Waals surface area contributed by atoms with Crippen molar-refractivity contribution in [1.29, 1.82) is 0 Å². The van der Waals surface area contributed by atoms with Gasteiger partial charge in [-0.15, -0.1) is 0 Å². The maximum absolute atomic E-state index is 6.26. The molecule has 0 aromatic carbocycles. The Kier molecular flexibility index (Phi) is 3.87. The van der Waals surface area contributed by atoms with Crippen LogP contribution in [0.4, 0.5) is 0 Å². The maximum Gasteiger partial charge on any atom is 0.0359 e. The fraction of sp³-hybridized carbons (Fsp3) is 1.00. The summed E-state index contributed by atoms with van der Waals surface area (Å²) in [5.74, 6) is 0. The standard InChI is InChI=1S/C15H30N4/c1-13-11-19(9-8-17(13)2)15(12-16)5-7-18-6-3-4-14(18)10-15/h13-14H,3-12,16H2,1-2H3. The first kappa shape index (κ1) is 13.8. The molecule has 0 bridgehead atoms. The average molecular weight is 266 g/mol. The largest absolute Gasteiger partial charge is 0.329 e. The van der Waals surface area contributed by atoms with Crippen molar-refractivity contribution < 1.29 is 0 Å². The molecule has 0 aromatic rings. The molecule has 3 saturated heterocycles. The zero-order valence-electron chi connectivity index (χ0n) is 12.6. The predicted molar refractivity (Wildman–Crippen MR) is 79.3 cm³/mol. The van der Waals surface area contributed by atoms with E-state index in [1.54, 1.807) is 0 Å². The molecule has 3 fully saturated rings. The highest BCUT2D eigenvalue weighted by Gasteiger charge is 2.45. The van der Waals surface area contributed by atoms with Gasteiger partial charge in [0.1, 0.15) is 0 Å². The molecule has 0 aromatic heterocycles. The summed E-state index contributed by atoms with van der Waals surface area (Å²) in [5.41, 5.74) is 6.55. The van der Waals surface area contributed by atoms with E-state index in [-0.39, 0.29) is 0 Å². The molecule has 3 unspecified atom stereocenters. The number of hydrogen-bond donors (Lipinski definition) is 1. The summed E-state index contributed by atoms with van der Waals surface area (Å²) in [6.07, 6.45) is 5.37. The van der Waals surface area contributed by atoms with Gasteiger partial charge >= 0.3 is 0 Å². The highest BCUT2D eigenvalue weighted by molar-refractivity contribution is 5.03. The molecule has 0 amide bonds. The molecule has 3 rings (SSSR count). The van der Waals surface area contributed by atoms with Gasteiger partial charge in [-0.2, -0.15) is 0 Å². The number of piperidine rings is 1. The van der Waals surface area contributed by atoms with Gasteiger partial charge in [0.25, 0.3) is 0 Å². The van der Waals surface area contributed by atoms with Crippen molar-refractivity contribution in [3.8, 4) is 0 Å². The van der Waals surface area contributed by atoms with Crippen LogP contribution < -0.4 is 5.73 Å². The van der Waals surface area contributed by atoms with Crippen LogP contribution in [-0.4, -0.2) is 78.6 Å². The number of nitrogens with two attached hydrogens (primary N) is 1. The van der Waals surface area contributed by atoms with E-state index < -0.39 is 0 Å². The van der Waals surface area contributed by atoms with Gasteiger partial charge in [0.05, 0.1) is 0 Å². The second-order valence-corrected chi connectivity index (χ2v) is 6.99. The number of likely N-dealkylation sites (N-methyl/N-ethyl adjacent to an activating group) is 1. The number of hydrogen-bond acceptors (Lipinski definition) is 4. The van der Waals surface area contributed by atoms with Crippen molar-refractivity contribution >= 4 is 0 Å². The quantitative estimate of drug-likeness (QED) is 0.793. The van der Waals surface area contributed by atoms with Crippen molar-refractivity contribution in [3.05, 3.63) is 0 Å². The SMILES string of the molecule is CC1CN(C2(CN)CCN3CCCC3C2)CCN1C. The van der Waals surface area contributed by atoms with Crippen molar-refractivity contribution in [2.75, 3.05) is 46.3 Å². The fourth-order valence-electron chi connectivity index (χ4n) is 4.39. The van der Waals surface area contributed by atoms with Crippen LogP contribution in [0.3, 0.4) is 0 Å². The van der Waals surface area contributed by atoms with Crippen molar-refractivity contribution in [2.24, 2.45) is 5.73 Å².